The molecule has 1 N–H and O–H groups in total. The summed E-state index contributed by atoms with van der Waals surface area (Å²) in [4.78, 5) is 28.1. The van der Waals surface area contributed by atoms with Crippen molar-refractivity contribution < 1.29 is 19.4 Å². The Morgan fingerprint density at radius 2 is 1.17 bits per heavy atom. The predicted octanol–water partition coefficient (Wildman–Crippen LogP) is 8.48. The van der Waals surface area contributed by atoms with E-state index in [1.54, 1.807) is 0 Å². The van der Waals surface area contributed by atoms with Gasteiger partial charge < -0.3 is 9.84 Å². The van der Waals surface area contributed by atoms with Gasteiger partial charge in [0.1, 0.15) is 0 Å². The van der Waals surface area contributed by atoms with Crippen LogP contribution >= 0.6 is 23.2 Å². The monoisotopic (exact) mass is 680 g/mol. The smallest absolute Gasteiger partial charge is 0.311 e. The lowest BCUT2D eigenvalue weighted by Gasteiger charge is -2.42. The van der Waals surface area contributed by atoms with Crippen LogP contribution in [0.1, 0.15) is 54.1 Å². The number of fused-ring (bicyclic) bond motifs is 2. The molecule has 0 radical (unpaired) electrons. The molecule has 2 heterocycles. The van der Waals surface area contributed by atoms with Crippen LogP contribution in [0.5, 0.6) is 0 Å². The number of rotatable bonds is 8. The second kappa shape index (κ2) is 12.6. The van der Waals surface area contributed by atoms with E-state index in [0.29, 0.717) is 35.8 Å². The van der Waals surface area contributed by atoms with Gasteiger partial charge >= 0.3 is 11.9 Å². The molecule has 2 aliphatic carbocycles. The maximum atomic E-state index is 12.1. The molecular formula is C40H38Cl2N2O4. The fourth-order valence-electron chi connectivity index (χ4n) is 8.31. The molecule has 0 spiro atoms. The van der Waals surface area contributed by atoms with Crippen molar-refractivity contribution in [2.45, 2.75) is 44.7 Å². The maximum absolute atomic E-state index is 12.1. The highest BCUT2D eigenvalue weighted by atomic mass is 35.5. The number of likely N-dealkylation sites (tertiary alicyclic amines) is 2. The number of aliphatic carboxylic acids is 1. The third kappa shape index (κ3) is 5.43. The Hall–Kier alpha value is -3.68. The van der Waals surface area contributed by atoms with E-state index in [4.69, 9.17) is 27.9 Å². The molecule has 4 aliphatic rings. The molecule has 0 amide bonds. The third-order valence-electron chi connectivity index (χ3n) is 11.0. The van der Waals surface area contributed by atoms with E-state index in [2.05, 4.69) is 58.3 Å². The average Bonchev–Trinajstić information content (AvgIpc) is 3.64. The molecule has 48 heavy (non-hydrogen) atoms. The standard InChI is InChI=1S/C40H38Cl2N2O4/c1-2-48-40(47)28-21-44(22-28)36-16-12-24-18-26(10-14-30(24)36)32-6-4-8-34(38(32)42)33-7-3-5-31(37(33)41)25-9-13-29-23(17-25)11-15-35(29)43-19-27(20-43)39(45)46/h3-10,13-14,17-18,27-28,35-36H,2,11-12,15-16,19-22H2,1H3,(H,45,46)/t35-,36-/m1/s1. The molecule has 2 aliphatic heterocycles. The molecule has 8 heteroatoms. The Kier molecular flexibility index (Phi) is 8.32. The Labute approximate surface area is 291 Å². The summed E-state index contributed by atoms with van der Waals surface area (Å²) in [5, 5.41) is 10.7. The topological polar surface area (TPSA) is 70.1 Å². The SMILES string of the molecule is CCOC(=O)C1CN([C@@H]2CCc3cc(-c4cccc(-c5cccc(-c6ccc7c(c6)CC[C@H]7N6CC(C(=O)O)C6)c5Cl)c4Cl)ccc32)C1. The second-order valence-corrected chi connectivity index (χ2v) is 14.4. The van der Waals surface area contributed by atoms with E-state index >= 15 is 0 Å². The number of nitrogens with zero attached hydrogens (tertiary/aromatic N) is 2. The molecule has 6 nitrogen and oxygen atoms in total. The van der Waals surface area contributed by atoms with E-state index < -0.39 is 5.97 Å². The first kappa shape index (κ1) is 31.6. The van der Waals surface area contributed by atoms with Crippen molar-refractivity contribution in [1.82, 2.24) is 9.80 Å². The minimum absolute atomic E-state index is 0.0133. The number of halogens is 2. The van der Waals surface area contributed by atoms with Crippen molar-refractivity contribution in [2.24, 2.45) is 11.8 Å². The molecule has 4 aromatic carbocycles. The van der Waals surface area contributed by atoms with Crippen LogP contribution in [-0.2, 0) is 27.2 Å². The normalized spacial score (nSPS) is 21.0. The van der Waals surface area contributed by atoms with Crippen LogP contribution in [-0.4, -0.2) is 59.6 Å². The molecule has 2 atom stereocenters. The lowest BCUT2D eigenvalue weighted by molar-refractivity contribution is -0.155. The molecule has 2 fully saturated rings. The van der Waals surface area contributed by atoms with Gasteiger partial charge in [0.2, 0.25) is 0 Å². The van der Waals surface area contributed by atoms with Crippen molar-refractivity contribution in [3.8, 4) is 33.4 Å². The molecule has 0 aromatic heterocycles. The molecule has 8 rings (SSSR count). The maximum Gasteiger partial charge on any atom is 0.311 e. The minimum Gasteiger partial charge on any atom is -0.481 e. The van der Waals surface area contributed by atoms with Crippen LogP contribution in [0, 0.1) is 11.8 Å². The van der Waals surface area contributed by atoms with Gasteiger partial charge in [0.25, 0.3) is 0 Å². The molecule has 2 saturated heterocycles. The fraction of sp³-hybridized carbons (Fsp3) is 0.350. The summed E-state index contributed by atoms with van der Waals surface area (Å²) in [6, 6.07) is 26.2. The number of esters is 1. The van der Waals surface area contributed by atoms with E-state index in [1.165, 1.54) is 22.3 Å². The summed E-state index contributed by atoms with van der Waals surface area (Å²) in [7, 11) is 0. The number of carbonyl (C=O) groups excluding carboxylic acids is 1. The number of ether oxygens (including phenoxy) is 1. The summed E-state index contributed by atoms with van der Waals surface area (Å²) in [5.41, 5.74) is 11.2. The number of carboxylic acid groups (broad SMARTS) is 1. The molecule has 0 bridgehead atoms. The number of carbonyl (C=O) groups is 2. The summed E-state index contributed by atoms with van der Waals surface area (Å²) in [6.07, 6.45) is 4.04. The number of carboxylic acids is 1. The number of benzene rings is 4. The van der Waals surface area contributed by atoms with Crippen molar-refractivity contribution >= 4 is 35.1 Å². The minimum atomic E-state index is -0.698. The summed E-state index contributed by atoms with van der Waals surface area (Å²) >= 11 is 14.4. The molecule has 0 unspecified atom stereocenters. The zero-order chi connectivity index (χ0) is 33.1. The van der Waals surface area contributed by atoms with Crippen molar-refractivity contribution in [3.63, 3.8) is 0 Å². The van der Waals surface area contributed by atoms with Gasteiger partial charge in [-0.15, -0.1) is 0 Å². The van der Waals surface area contributed by atoms with Crippen LogP contribution in [0.25, 0.3) is 33.4 Å². The molecular weight excluding hydrogens is 643 g/mol. The Bertz CT molecular complexity index is 1930. The van der Waals surface area contributed by atoms with E-state index in [0.717, 1.165) is 72.2 Å². The van der Waals surface area contributed by atoms with Crippen LogP contribution in [0.15, 0.2) is 72.8 Å². The summed E-state index contributed by atoms with van der Waals surface area (Å²) in [6.45, 7) is 5.06. The molecule has 0 saturated carbocycles. The lowest BCUT2D eigenvalue weighted by Crippen LogP contribution is -2.51. The third-order valence-corrected chi connectivity index (χ3v) is 11.8. The van der Waals surface area contributed by atoms with Crippen LogP contribution in [0.2, 0.25) is 10.0 Å². The zero-order valence-electron chi connectivity index (χ0n) is 26.9. The first-order chi connectivity index (χ1) is 23.3. The summed E-state index contributed by atoms with van der Waals surface area (Å²) in [5.74, 6) is -1.04. The first-order valence-electron chi connectivity index (χ1n) is 17.0. The van der Waals surface area contributed by atoms with Gasteiger partial charge in [-0.3, -0.25) is 19.4 Å². The highest BCUT2D eigenvalue weighted by molar-refractivity contribution is 6.39. The van der Waals surface area contributed by atoms with Gasteiger partial charge in [-0.05, 0) is 66.0 Å². The van der Waals surface area contributed by atoms with Crippen molar-refractivity contribution in [2.75, 3.05) is 32.8 Å². The number of hydrogen-bond donors (Lipinski definition) is 1. The van der Waals surface area contributed by atoms with E-state index in [1.807, 2.05) is 31.2 Å². The van der Waals surface area contributed by atoms with E-state index in [-0.39, 0.29) is 23.8 Å². The Morgan fingerprint density at radius 1 is 0.708 bits per heavy atom. The van der Waals surface area contributed by atoms with Gasteiger partial charge in [-0.2, -0.15) is 0 Å². The largest absolute Gasteiger partial charge is 0.481 e. The Morgan fingerprint density at radius 3 is 1.62 bits per heavy atom. The summed E-state index contributed by atoms with van der Waals surface area (Å²) < 4.78 is 5.22. The first-order valence-corrected chi connectivity index (χ1v) is 17.8. The molecule has 4 aromatic rings. The second-order valence-electron chi connectivity index (χ2n) is 13.7. The van der Waals surface area contributed by atoms with Crippen molar-refractivity contribution in [1.29, 1.82) is 0 Å². The predicted molar refractivity (Wildman–Crippen MR) is 189 cm³/mol. The van der Waals surface area contributed by atoms with Gasteiger partial charge in [0, 0.05) is 60.5 Å². The van der Waals surface area contributed by atoms with Crippen LogP contribution in [0.4, 0.5) is 0 Å². The zero-order valence-corrected chi connectivity index (χ0v) is 28.4. The average molecular weight is 682 g/mol. The highest BCUT2D eigenvalue weighted by Crippen LogP contribution is 2.46. The van der Waals surface area contributed by atoms with Gasteiger partial charge in [0.15, 0.2) is 0 Å². The highest BCUT2D eigenvalue weighted by Gasteiger charge is 2.41. The van der Waals surface area contributed by atoms with Gasteiger partial charge in [0.05, 0.1) is 28.5 Å². The lowest BCUT2D eigenvalue weighted by atomic mass is 9.92. The van der Waals surface area contributed by atoms with Crippen molar-refractivity contribution in [3.05, 3.63) is 105 Å². The molecule has 246 valence electrons. The number of hydrogen-bond acceptors (Lipinski definition) is 5. The Balaban J connectivity index is 1.03. The van der Waals surface area contributed by atoms with Gasteiger partial charge in [-0.1, -0.05) is 96.0 Å². The van der Waals surface area contributed by atoms with Crippen LogP contribution < -0.4 is 0 Å². The number of aryl methyl sites for hydroxylation is 2. The quantitative estimate of drug-likeness (QED) is 0.188. The fourth-order valence-corrected chi connectivity index (χ4v) is 8.98. The van der Waals surface area contributed by atoms with E-state index in [9.17, 15) is 14.7 Å². The van der Waals surface area contributed by atoms with Crippen LogP contribution in [0.3, 0.4) is 0 Å². The van der Waals surface area contributed by atoms with Gasteiger partial charge in [-0.25, -0.2) is 0 Å².